The van der Waals surface area contributed by atoms with E-state index in [0.29, 0.717) is 18.0 Å². The van der Waals surface area contributed by atoms with Crippen LogP contribution in [0.2, 0.25) is 0 Å². The van der Waals surface area contributed by atoms with Gasteiger partial charge in [0.15, 0.2) is 0 Å². The lowest BCUT2D eigenvalue weighted by Crippen LogP contribution is -2.52. The van der Waals surface area contributed by atoms with Crippen LogP contribution in [0.3, 0.4) is 0 Å². The van der Waals surface area contributed by atoms with Crippen LogP contribution in [0.25, 0.3) is 0 Å². The first kappa shape index (κ1) is 14.7. The summed E-state index contributed by atoms with van der Waals surface area (Å²) >= 11 is 0. The highest BCUT2D eigenvalue weighted by atomic mass is 32.2. The van der Waals surface area contributed by atoms with Crippen molar-refractivity contribution in [1.82, 2.24) is 4.72 Å². The molecule has 0 radical (unpaired) electrons. The third-order valence-electron chi connectivity index (χ3n) is 4.62. The van der Waals surface area contributed by atoms with Gasteiger partial charge in [-0.05, 0) is 56.2 Å². The van der Waals surface area contributed by atoms with Crippen LogP contribution >= 0.6 is 0 Å². The van der Waals surface area contributed by atoms with Crippen LogP contribution in [0.4, 0.5) is 5.69 Å². The Kier molecular flexibility index (Phi) is 3.61. The summed E-state index contributed by atoms with van der Waals surface area (Å²) in [6, 6.07) is 3.32. The lowest BCUT2D eigenvalue weighted by atomic mass is 9.76. The molecule has 21 heavy (non-hydrogen) atoms. The molecule has 3 N–H and O–H groups in total. The zero-order valence-corrected chi connectivity index (χ0v) is 13.1. The Morgan fingerprint density at radius 2 is 2.10 bits per heavy atom. The van der Waals surface area contributed by atoms with Crippen LogP contribution in [-0.4, -0.2) is 20.6 Å². The lowest BCUT2D eigenvalue weighted by molar-refractivity contribution is 0.213. The van der Waals surface area contributed by atoms with Crippen LogP contribution in [0.15, 0.2) is 17.0 Å². The van der Waals surface area contributed by atoms with Gasteiger partial charge in [0.2, 0.25) is 10.0 Å². The molecule has 5 nitrogen and oxygen atoms in total. The van der Waals surface area contributed by atoms with Gasteiger partial charge < -0.3 is 10.5 Å². The molecule has 1 aliphatic carbocycles. The first-order valence-corrected chi connectivity index (χ1v) is 9.03. The van der Waals surface area contributed by atoms with Crippen molar-refractivity contribution in [3.8, 4) is 5.75 Å². The third kappa shape index (κ3) is 2.62. The second kappa shape index (κ2) is 5.18. The molecular weight excluding hydrogens is 288 g/mol. The summed E-state index contributed by atoms with van der Waals surface area (Å²) in [5.74, 6) is 0.480. The molecule has 1 aliphatic heterocycles. The number of hydrogen-bond donors (Lipinski definition) is 2. The third-order valence-corrected chi connectivity index (χ3v) is 6.20. The Balaban J connectivity index is 2.00. The monoisotopic (exact) mass is 310 g/mol. The minimum absolute atomic E-state index is 0.192. The number of nitrogen functional groups attached to an aromatic ring is 1. The van der Waals surface area contributed by atoms with E-state index in [-0.39, 0.29) is 10.4 Å². The first-order valence-electron chi connectivity index (χ1n) is 7.55. The van der Waals surface area contributed by atoms with Crippen molar-refractivity contribution in [2.45, 2.75) is 55.9 Å². The SMILES string of the molecule is CCC1(NS(=O)(=O)c2cc(N)cc3c2OCCC3)CCC1. The van der Waals surface area contributed by atoms with Gasteiger partial charge in [-0.25, -0.2) is 13.1 Å². The van der Waals surface area contributed by atoms with Gasteiger partial charge in [-0.3, -0.25) is 0 Å². The maximum absolute atomic E-state index is 12.8. The molecule has 6 heteroatoms. The molecule has 116 valence electrons. The Morgan fingerprint density at radius 1 is 1.33 bits per heavy atom. The molecule has 0 unspecified atom stereocenters. The molecule has 1 fully saturated rings. The molecule has 3 rings (SSSR count). The van der Waals surface area contributed by atoms with Gasteiger partial charge in [0.25, 0.3) is 0 Å². The van der Waals surface area contributed by atoms with Crippen LogP contribution in [0.5, 0.6) is 5.75 Å². The molecule has 1 aromatic carbocycles. The van der Waals surface area contributed by atoms with E-state index in [0.717, 1.165) is 44.1 Å². The highest BCUT2D eigenvalue weighted by molar-refractivity contribution is 7.89. The van der Waals surface area contributed by atoms with E-state index in [2.05, 4.69) is 4.72 Å². The average molecular weight is 310 g/mol. The van der Waals surface area contributed by atoms with E-state index < -0.39 is 10.0 Å². The fourth-order valence-electron chi connectivity index (χ4n) is 3.14. The quantitative estimate of drug-likeness (QED) is 0.835. The summed E-state index contributed by atoms with van der Waals surface area (Å²) in [7, 11) is -3.61. The Hall–Kier alpha value is -1.27. The highest BCUT2D eigenvalue weighted by Gasteiger charge is 2.40. The van der Waals surface area contributed by atoms with Gasteiger partial charge in [-0.2, -0.15) is 0 Å². The highest BCUT2D eigenvalue weighted by Crippen LogP contribution is 2.39. The lowest BCUT2D eigenvalue weighted by Gasteiger charge is -2.41. The number of anilines is 1. The van der Waals surface area contributed by atoms with Gasteiger partial charge in [0, 0.05) is 11.2 Å². The van der Waals surface area contributed by atoms with Crippen molar-refractivity contribution < 1.29 is 13.2 Å². The zero-order chi connectivity index (χ0) is 15.1. The van der Waals surface area contributed by atoms with Crippen LogP contribution in [0, 0.1) is 0 Å². The smallest absolute Gasteiger partial charge is 0.244 e. The number of rotatable bonds is 4. The van der Waals surface area contributed by atoms with Gasteiger partial charge in [0.1, 0.15) is 10.6 Å². The average Bonchev–Trinajstić information content (AvgIpc) is 2.42. The van der Waals surface area contributed by atoms with E-state index >= 15 is 0 Å². The minimum atomic E-state index is -3.61. The van der Waals surface area contributed by atoms with Gasteiger partial charge in [-0.15, -0.1) is 0 Å². The fourth-order valence-corrected chi connectivity index (χ4v) is 4.89. The van der Waals surface area contributed by atoms with Crippen LogP contribution < -0.4 is 15.2 Å². The maximum Gasteiger partial charge on any atom is 0.244 e. The Morgan fingerprint density at radius 3 is 2.71 bits per heavy atom. The molecule has 2 aliphatic rings. The van der Waals surface area contributed by atoms with Gasteiger partial charge in [-0.1, -0.05) is 6.92 Å². The van der Waals surface area contributed by atoms with Crippen molar-refractivity contribution in [2.24, 2.45) is 0 Å². The molecule has 0 atom stereocenters. The van der Waals surface area contributed by atoms with Gasteiger partial charge >= 0.3 is 0 Å². The molecule has 0 spiro atoms. The predicted molar refractivity (Wildman–Crippen MR) is 81.9 cm³/mol. The van der Waals surface area contributed by atoms with E-state index in [1.54, 1.807) is 0 Å². The van der Waals surface area contributed by atoms with E-state index in [1.807, 2.05) is 13.0 Å². The van der Waals surface area contributed by atoms with Crippen molar-refractivity contribution in [2.75, 3.05) is 12.3 Å². The van der Waals surface area contributed by atoms with E-state index in [1.165, 1.54) is 6.07 Å². The Labute approximate surface area is 125 Å². The molecule has 0 bridgehead atoms. The zero-order valence-electron chi connectivity index (χ0n) is 12.3. The number of aryl methyl sites for hydroxylation is 1. The minimum Gasteiger partial charge on any atom is -0.492 e. The first-order chi connectivity index (χ1) is 9.96. The molecular formula is C15H22N2O3S. The number of nitrogens with one attached hydrogen (secondary N) is 1. The molecule has 1 heterocycles. The Bertz CT molecular complexity index is 646. The summed E-state index contributed by atoms with van der Waals surface area (Å²) in [5.41, 5.74) is 6.95. The maximum atomic E-state index is 12.8. The number of benzene rings is 1. The summed E-state index contributed by atoms with van der Waals surface area (Å²) in [5, 5.41) is 0. The number of nitrogens with two attached hydrogens (primary N) is 1. The molecule has 0 saturated heterocycles. The molecule has 0 aromatic heterocycles. The molecule has 1 aromatic rings. The van der Waals surface area contributed by atoms with Crippen LogP contribution in [0.1, 0.15) is 44.6 Å². The topological polar surface area (TPSA) is 81.4 Å². The van der Waals surface area contributed by atoms with Crippen molar-refractivity contribution in [1.29, 1.82) is 0 Å². The van der Waals surface area contributed by atoms with E-state index in [9.17, 15) is 8.42 Å². The van der Waals surface area contributed by atoms with Crippen molar-refractivity contribution in [3.63, 3.8) is 0 Å². The number of sulfonamides is 1. The fraction of sp³-hybridized carbons (Fsp3) is 0.600. The predicted octanol–water partition coefficient (Wildman–Crippen LogP) is 2.20. The largest absolute Gasteiger partial charge is 0.492 e. The number of fused-ring (bicyclic) bond motifs is 1. The van der Waals surface area contributed by atoms with E-state index in [4.69, 9.17) is 10.5 Å². The molecule has 0 amide bonds. The second-order valence-electron chi connectivity index (χ2n) is 6.05. The summed E-state index contributed by atoms with van der Waals surface area (Å²) in [6.45, 7) is 2.57. The normalized spacial score (nSPS) is 20.2. The molecule has 1 saturated carbocycles. The number of ether oxygens (including phenoxy) is 1. The van der Waals surface area contributed by atoms with Crippen molar-refractivity contribution in [3.05, 3.63) is 17.7 Å². The number of hydrogen-bond acceptors (Lipinski definition) is 4. The summed E-state index contributed by atoms with van der Waals surface area (Å²) in [6.07, 6.45) is 5.37. The second-order valence-corrected chi connectivity index (χ2v) is 7.70. The van der Waals surface area contributed by atoms with Gasteiger partial charge in [0.05, 0.1) is 6.61 Å². The summed E-state index contributed by atoms with van der Waals surface area (Å²) in [4.78, 5) is 0.192. The van der Waals surface area contributed by atoms with Crippen molar-refractivity contribution >= 4 is 15.7 Å². The summed E-state index contributed by atoms with van der Waals surface area (Å²) < 4.78 is 34.1. The standard InChI is InChI=1S/C15H22N2O3S/c1-2-15(6-4-7-15)17-21(18,19)13-10-12(16)9-11-5-3-8-20-14(11)13/h9-10,17H,2-8,16H2,1H3. The van der Waals surface area contributed by atoms with Crippen LogP contribution in [-0.2, 0) is 16.4 Å².